The van der Waals surface area contributed by atoms with E-state index in [2.05, 4.69) is 13.8 Å². The lowest BCUT2D eigenvalue weighted by atomic mass is 9.68. The van der Waals surface area contributed by atoms with Crippen molar-refractivity contribution in [2.45, 2.75) is 51.9 Å². The van der Waals surface area contributed by atoms with Crippen LogP contribution in [-0.2, 0) is 14.3 Å². The molecule has 0 aromatic heterocycles. The Morgan fingerprint density at radius 1 is 1.00 bits per heavy atom. The summed E-state index contributed by atoms with van der Waals surface area (Å²) in [5, 5.41) is 0.999. The molecule has 5 heteroatoms. The zero-order valence-electron chi connectivity index (χ0n) is 14.8. The SMILES string of the molecule is CC1(C)CC(=O)C2=C(C1)OC1=C(C(=O)CCC1)C2c1ccc(Cl)cc1Cl. The Hall–Kier alpha value is -1.58. The van der Waals surface area contributed by atoms with Crippen molar-refractivity contribution in [3.63, 3.8) is 0 Å². The van der Waals surface area contributed by atoms with Crippen LogP contribution in [0.1, 0.15) is 57.4 Å². The molecule has 0 spiro atoms. The molecule has 26 heavy (non-hydrogen) atoms. The van der Waals surface area contributed by atoms with Crippen LogP contribution < -0.4 is 0 Å². The number of Topliss-reactive ketones (excluding diaryl/α,β-unsaturated/α-hetero) is 2. The van der Waals surface area contributed by atoms with Crippen molar-refractivity contribution in [3.05, 3.63) is 56.5 Å². The summed E-state index contributed by atoms with van der Waals surface area (Å²) >= 11 is 12.5. The van der Waals surface area contributed by atoms with Gasteiger partial charge in [0.05, 0.1) is 0 Å². The molecule has 1 heterocycles. The van der Waals surface area contributed by atoms with Gasteiger partial charge in [-0.3, -0.25) is 9.59 Å². The number of carbonyl (C=O) groups excluding carboxylic acids is 2. The number of halogens is 2. The molecule has 0 saturated carbocycles. The summed E-state index contributed by atoms with van der Waals surface area (Å²) in [6, 6.07) is 5.24. The first-order valence-corrected chi connectivity index (χ1v) is 9.68. The maximum absolute atomic E-state index is 13.0. The van der Waals surface area contributed by atoms with E-state index in [9.17, 15) is 9.59 Å². The van der Waals surface area contributed by atoms with Gasteiger partial charge < -0.3 is 4.74 Å². The predicted octanol–water partition coefficient (Wildman–Crippen LogP) is 5.76. The van der Waals surface area contributed by atoms with E-state index in [-0.39, 0.29) is 17.0 Å². The lowest BCUT2D eigenvalue weighted by Crippen LogP contribution is -2.35. The minimum atomic E-state index is -0.449. The summed E-state index contributed by atoms with van der Waals surface area (Å²) < 4.78 is 6.13. The van der Waals surface area contributed by atoms with E-state index in [0.29, 0.717) is 58.4 Å². The zero-order valence-corrected chi connectivity index (χ0v) is 16.3. The van der Waals surface area contributed by atoms with Crippen LogP contribution in [0.3, 0.4) is 0 Å². The Morgan fingerprint density at radius 3 is 2.46 bits per heavy atom. The Labute approximate surface area is 163 Å². The Balaban J connectivity index is 1.94. The van der Waals surface area contributed by atoms with Crippen molar-refractivity contribution in [3.8, 4) is 0 Å². The largest absolute Gasteiger partial charge is 0.465 e. The zero-order chi connectivity index (χ0) is 18.6. The van der Waals surface area contributed by atoms with Crippen molar-refractivity contribution < 1.29 is 14.3 Å². The minimum absolute atomic E-state index is 0.0391. The Kier molecular flexibility index (Phi) is 4.28. The van der Waals surface area contributed by atoms with Gasteiger partial charge in [0.25, 0.3) is 0 Å². The summed E-state index contributed by atoms with van der Waals surface area (Å²) in [5.74, 6) is 1.05. The molecule has 1 atom stereocenters. The van der Waals surface area contributed by atoms with Gasteiger partial charge in [-0.2, -0.15) is 0 Å². The van der Waals surface area contributed by atoms with Crippen LogP contribution in [-0.4, -0.2) is 11.6 Å². The third-order valence-electron chi connectivity index (χ3n) is 5.38. The monoisotopic (exact) mass is 390 g/mol. The van der Waals surface area contributed by atoms with E-state index in [1.54, 1.807) is 12.1 Å². The van der Waals surface area contributed by atoms with E-state index < -0.39 is 5.92 Å². The van der Waals surface area contributed by atoms with Crippen LogP contribution in [0.2, 0.25) is 10.0 Å². The number of ether oxygens (including phenoxy) is 1. The molecule has 1 unspecified atom stereocenters. The number of hydrogen-bond acceptors (Lipinski definition) is 3. The summed E-state index contributed by atoms with van der Waals surface area (Å²) in [7, 11) is 0. The highest BCUT2D eigenvalue weighted by Gasteiger charge is 2.45. The minimum Gasteiger partial charge on any atom is -0.465 e. The van der Waals surface area contributed by atoms with Gasteiger partial charge in [-0.05, 0) is 29.5 Å². The third kappa shape index (κ3) is 2.91. The van der Waals surface area contributed by atoms with E-state index in [1.807, 2.05) is 6.07 Å². The summed E-state index contributed by atoms with van der Waals surface area (Å²) in [5.41, 5.74) is 1.80. The van der Waals surface area contributed by atoms with Gasteiger partial charge in [0.2, 0.25) is 0 Å². The number of ketones is 2. The molecule has 0 radical (unpaired) electrons. The number of hydrogen-bond donors (Lipinski definition) is 0. The normalized spacial score (nSPS) is 25.0. The van der Waals surface area contributed by atoms with Gasteiger partial charge in [0, 0.05) is 52.8 Å². The second-order valence-corrected chi connectivity index (χ2v) is 8.94. The fraction of sp³-hybridized carbons (Fsp3) is 0.429. The highest BCUT2D eigenvalue weighted by atomic mass is 35.5. The highest BCUT2D eigenvalue weighted by molar-refractivity contribution is 6.35. The van der Waals surface area contributed by atoms with E-state index in [0.717, 1.165) is 12.0 Å². The predicted molar refractivity (Wildman–Crippen MR) is 101 cm³/mol. The fourth-order valence-electron chi connectivity index (χ4n) is 4.29. The molecule has 0 amide bonds. The Morgan fingerprint density at radius 2 is 1.73 bits per heavy atom. The van der Waals surface area contributed by atoms with Crippen LogP contribution >= 0.6 is 23.2 Å². The van der Waals surface area contributed by atoms with Gasteiger partial charge in [0.1, 0.15) is 11.5 Å². The molecular formula is C21H20Cl2O3. The average Bonchev–Trinajstić information content (AvgIpc) is 2.52. The molecule has 2 aliphatic carbocycles. The standard InChI is InChI=1S/C21H20Cl2O3/c1-21(2)9-15(25)20-17(10-21)26-16-5-3-4-14(24)19(16)18(20)12-7-6-11(22)8-13(12)23/h6-8,18H,3-5,9-10H2,1-2H3. The molecule has 0 saturated heterocycles. The van der Waals surface area contributed by atoms with Crippen molar-refractivity contribution in [2.24, 2.45) is 5.41 Å². The Bertz CT molecular complexity index is 893. The van der Waals surface area contributed by atoms with E-state index >= 15 is 0 Å². The molecular weight excluding hydrogens is 371 g/mol. The number of allylic oxidation sites excluding steroid dienone is 4. The van der Waals surface area contributed by atoms with Gasteiger partial charge in [-0.15, -0.1) is 0 Å². The third-order valence-corrected chi connectivity index (χ3v) is 5.95. The summed E-state index contributed by atoms with van der Waals surface area (Å²) in [6.07, 6.45) is 3.09. The number of carbonyl (C=O) groups is 2. The topological polar surface area (TPSA) is 43.4 Å². The first-order chi connectivity index (χ1) is 12.3. The van der Waals surface area contributed by atoms with Crippen LogP contribution in [0.4, 0.5) is 0 Å². The molecule has 0 bridgehead atoms. The van der Waals surface area contributed by atoms with Crippen molar-refractivity contribution in [2.75, 3.05) is 0 Å². The molecule has 1 aromatic rings. The van der Waals surface area contributed by atoms with Crippen LogP contribution in [0.15, 0.2) is 40.9 Å². The van der Waals surface area contributed by atoms with Crippen molar-refractivity contribution >= 4 is 34.8 Å². The second kappa shape index (κ2) is 6.24. The van der Waals surface area contributed by atoms with Crippen molar-refractivity contribution in [1.29, 1.82) is 0 Å². The van der Waals surface area contributed by atoms with Gasteiger partial charge in [0.15, 0.2) is 11.6 Å². The quantitative estimate of drug-likeness (QED) is 0.612. The van der Waals surface area contributed by atoms with Crippen LogP contribution in [0.5, 0.6) is 0 Å². The van der Waals surface area contributed by atoms with Crippen LogP contribution in [0.25, 0.3) is 0 Å². The van der Waals surface area contributed by atoms with Crippen molar-refractivity contribution in [1.82, 2.24) is 0 Å². The maximum atomic E-state index is 13.0. The first-order valence-electron chi connectivity index (χ1n) is 8.92. The molecule has 0 fully saturated rings. The molecule has 1 aromatic carbocycles. The maximum Gasteiger partial charge on any atom is 0.163 e. The molecule has 3 nitrogen and oxygen atoms in total. The van der Waals surface area contributed by atoms with Crippen LogP contribution in [0, 0.1) is 5.41 Å². The van der Waals surface area contributed by atoms with E-state index in [4.69, 9.17) is 27.9 Å². The molecule has 136 valence electrons. The average molecular weight is 391 g/mol. The summed E-state index contributed by atoms with van der Waals surface area (Å²) in [6.45, 7) is 4.14. The number of benzene rings is 1. The second-order valence-electron chi connectivity index (χ2n) is 8.09. The van der Waals surface area contributed by atoms with E-state index in [1.165, 1.54) is 0 Å². The molecule has 0 N–H and O–H groups in total. The first kappa shape index (κ1) is 17.8. The van der Waals surface area contributed by atoms with Gasteiger partial charge >= 0.3 is 0 Å². The molecule has 1 aliphatic heterocycles. The van der Waals surface area contributed by atoms with Gasteiger partial charge in [-0.1, -0.05) is 43.1 Å². The van der Waals surface area contributed by atoms with Gasteiger partial charge in [-0.25, -0.2) is 0 Å². The lowest BCUT2D eigenvalue weighted by molar-refractivity contribution is -0.119. The molecule has 3 aliphatic rings. The smallest absolute Gasteiger partial charge is 0.163 e. The number of rotatable bonds is 1. The summed E-state index contributed by atoms with van der Waals surface area (Å²) in [4.78, 5) is 25.8. The fourth-order valence-corrected chi connectivity index (χ4v) is 4.81. The highest BCUT2D eigenvalue weighted by Crippen LogP contribution is 2.52. The lowest BCUT2D eigenvalue weighted by Gasteiger charge is -2.40. The molecule has 4 rings (SSSR count).